The maximum atomic E-state index is 12.5. The number of alkyl halides is 3. The van der Waals surface area contributed by atoms with Gasteiger partial charge in [0.1, 0.15) is 0 Å². The minimum atomic E-state index is -4.25. The average molecular weight is 229 g/mol. The lowest BCUT2D eigenvalue weighted by molar-refractivity contribution is -0.137. The highest BCUT2D eigenvalue weighted by Crippen LogP contribution is 2.32. The number of piperidine rings is 1. The molecule has 1 nitrogen and oxygen atoms in total. The van der Waals surface area contributed by atoms with Crippen LogP contribution >= 0.6 is 0 Å². The minimum Gasteiger partial charge on any atom is -0.310 e. The van der Waals surface area contributed by atoms with E-state index in [2.05, 4.69) is 5.32 Å². The molecule has 0 amide bonds. The highest BCUT2D eigenvalue weighted by molar-refractivity contribution is 5.28. The van der Waals surface area contributed by atoms with E-state index in [1.54, 1.807) is 6.07 Å². The van der Waals surface area contributed by atoms with Crippen molar-refractivity contribution >= 4 is 0 Å². The molecule has 1 aliphatic heterocycles. The summed E-state index contributed by atoms with van der Waals surface area (Å²) in [6, 6.07) is 5.69. The molecule has 1 aromatic carbocycles. The normalized spacial score (nSPS) is 22.1. The number of hydrogen-bond donors (Lipinski definition) is 1. The zero-order chi connectivity index (χ0) is 11.6. The van der Waals surface area contributed by atoms with E-state index in [4.69, 9.17) is 0 Å². The minimum absolute atomic E-state index is 0.0797. The lowest BCUT2D eigenvalue weighted by Crippen LogP contribution is -2.27. The highest BCUT2D eigenvalue weighted by Gasteiger charge is 2.31. The van der Waals surface area contributed by atoms with Crippen molar-refractivity contribution in [2.24, 2.45) is 0 Å². The second kappa shape index (κ2) is 4.45. The Balaban J connectivity index is 2.21. The van der Waals surface area contributed by atoms with Gasteiger partial charge >= 0.3 is 6.18 Å². The summed E-state index contributed by atoms with van der Waals surface area (Å²) in [6.45, 7) is 0.890. The first kappa shape index (κ1) is 11.5. The second-order valence-electron chi connectivity index (χ2n) is 4.13. The summed E-state index contributed by atoms with van der Waals surface area (Å²) in [5.41, 5.74) is 0.187. The molecule has 16 heavy (non-hydrogen) atoms. The van der Waals surface area contributed by atoms with Gasteiger partial charge in [0.25, 0.3) is 0 Å². The van der Waals surface area contributed by atoms with E-state index >= 15 is 0 Å². The molecule has 4 heteroatoms. The largest absolute Gasteiger partial charge is 0.416 e. The molecular formula is C12H14F3N. The number of nitrogens with one attached hydrogen (secondary N) is 1. The Morgan fingerprint density at radius 1 is 1.19 bits per heavy atom. The van der Waals surface area contributed by atoms with Crippen molar-refractivity contribution in [2.45, 2.75) is 31.5 Å². The lowest BCUT2D eigenvalue weighted by Gasteiger charge is -2.24. The number of hydrogen-bond acceptors (Lipinski definition) is 1. The van der Waals surface area contributed by atoms with E-state index in [-0.39, 0.29) is 6.04 Å². The van der Waals surface area contributed by atoms with Crippen LogP contribution in [0.1, 0.15) is 36.4 Å². The molecule has 1 fully saturated rings. The van der Waals surface area contributed by atoms with Crippen molar-refractivity contribution < 1.29 is 13.2 Å². The monoisotopic (exact) mass is 229 g/mol. The number of rotatable bonds is 1. The summed E-state index contributed by atoms with van der Waals surface area (Å²) in [5.74, 6) is 0. The van der Waals surface area contributed by atoms with E-state index in [9.17, 15) is 13.2 Å². The predicted molar refractivity (Wildman–Crippen MR) is 56.0 cm³/mol. The van der Waals surface area contributed by atoms with Gasteiger partial charge in [-0.3, -0.25) is 0 Å². The Kier molecular flexibility index (Phi) is 3.19. The van der Waals surface area contributed by atoms with Crippen LogP contribution in [0.3, 0.4) is 0 Å². The quantitative estimate of drug-likeness (QED) is 0.776. The summed E-state index contributed by atoms with van der Waals surface area (Å²) in [4.78, 5) is 0. The van der Waals surface area contributed by atoms with Gasteiger partial charge in [-0.1, -0.05) is 18.6 Å². The number of halogens is 3. The Hall–Kier alpha value is -1.03. The van der Waals surface area contributed by atoms with Crippen LogP contribution in [-0.4, -0.2) is 6.54 Å². The van der Waals surface area contributed by atoms with Crippen LogP contribution in [-0.2, 0) is 6.18 Å². The third-order valence-corrected chi connectivity index (χ3v) is 2.93. The molecular weight excluding hydrogens is 215 g/mol. The molecule has 1 atom stereocenters. The van der Waals surface area contributed by atoms with Crippen molar-refractivity contribution in [2.75, 3.05) is 6.54 Å². The van der Waals surface area contributed by atoms with Crippen molar-refractivity contribution in [3.8, 4) is 0 Å². The molecule has 0 radical (unpaired) electrons. The second-order valence-corrected chi connectivity index (χ2v) is 4.13. The Labute approximate surface area is 92.7 Å². The molecule has 0 aliphatic carbocycles. The van der Waals surface area contributed by atoms with Gasteiger partial charge in [-0.2, -0.15) is 13.2 Å². The lowest BCUT2D eigenvalue weighted by atomic mass is 9.96. The zero-order valence-electron chi connectivity index (χ0n) is 8.85. The summed E-state index contributed by atoms with van der Waals surface area (Å²) in [7, 11) is 0. The molecule has 1 aliphatic rings. The van der Waals surface area contributed by atoms with E-state index in [1.165, 1.54) is 12.1 Å². The molecule has 88 valence electrons. The maximum absolute atomic E-state index is 12.5. The fourth-order valence-corrected chi connectivity index (χ4v) is 2.07. The molecule has 0 saturated carbocycles. The van der Waals surface area contributed by atoms with Crippen LogP contribution in [0.4, 0.5) is 13.2 Å². The van der Waals surface area contributed by atoms with E-state index in [0.29, 0.717) is 0 Å². The topological polar surface area (TPSA) is 12.0 Å². The van der Waals surface area contributed by atoms with Gasteiger partial charge in [0.2, 0.25) is 0 Å². The SMILES string of the molecule is FC(F)(F)c1cccc(C2CCCCN2)c1. The third-order valence-electron chi connectivity index (χ3n) is 2.93. The van der Waals surface area contributed by atoms with Gasteiger partial charge in [0.05, 0.1) is 5.56 Å². The fraction of sp³-hybridized carbons (Fsp3) is 0.500. The molecule has 1 aromatic rings. The summed E-state index contributed by atoms with van der Waals surface area (Å²) in [6.07, 6.45) is -1.14. The van der Waals surface area contributed by atoms with Gasteiger partial charge in [-0.15, -0.1) is 0 Å². The molecule has 0 bridgehead atoms. The van der Waals surface area contributed by atoms with Crippen LogP contribution in [0.5, 0.6) is 0 Å². The van der Waals surface area contributed by atoms with E-state index < -0.39 is 11.7 Å². The first-order chi connectivity index (χ1) is 7.57. The van der Waals surface area contributed by atoms with Gasteiger partial charge in [0.15, 0.2) is 0 Å². The zero-order valence-corrected chi connectivity index (χ0v) is 8.85. The molecule has 1 heterocycles. The Morgan fingerprint density at radius 3 is 2.62 bits per heavy atom. The first-order valence-corrected chi connectivity index (χ1v) is 5.48. The molecule has 1 N–H and O–H groups in total. The van der Waals surface area contributed by atoms with Crippen molar-refractivity contribution in [3.63, 3.8) is 0 Å². The van der Waals surface area contributed by atoms with Crippen molar-refractivity contribution in [3.05, 3.63) is 35.4 Å². The molecule has 0 aromatic heterocycles. The van der Waals surface area contributed by atoms with Crippen LogP contribution in [0, 0.1) is 0 Å². The smallest absolute Gasteiger partial charge is 0.310 e. The predicted octanol–water partition coefficient (Wildman–Crippen LogP) is 3.52. The van der Waals surface area contributed by atoms with Gasteiger partial charge < -0.3 is 5.32 Å². The molecule has 1 unspecified atom stereocenters. The Morgan fingerprint density at radius 2 is 2.00 bits per heavy atom. The summed E-state index contributed by atoms with van der Waals surface area (Å²) >= 11 is 0. The summed E-state index contributed by atoms with van der Waals surface area (Å²) in [5, 5.41) is 3.25. The van der Waals surface area contributed by atoms with Crippen LogP contribution in [0.2, 0.25) is 0 Å². The first-order valence-electron chi connectivity index (χ1n) is 5.48. The third kappa shape index (κ3) is 2.55. The molecule has 0 spiro atoms. The highest BCUT2D eigenvalue weighted by atomic mass is 19.4. The average Bonchev–Trinajstić information content (AvgIpc) is 2.29. The van der Waals surface area contributed by atoms with Gasteiger partial charge in [-0.05, 0) is 37.1 Å². The van der Waals surface area contributed by atoms with Crippen LogP contribution in [0.15, 0.2) is 24.3 Å². The van der Waals surface area contributed by atoms with Gasteiger partial charge in [0, 0.05) is 6.04 Å². The summed E-state index contributed by atoms with van der Waals surface area (Å²) < 4.78 is 37.5. The number of benzene rings is 1. The van der Waals surface area contributed by atoms with E-state index in [1.807, 2.05) is 0 Å². The van der Waals surface area contributed by atoms with Crippen LogP contribution < -0.4 is 5.32 Å². The molecule has 1 saturated heterocycles. The van der Waals surface area contributed by atoms with Crippen molar-refractivity contribution in [1.29, 1.82) is 0 Å². The van der Waals surface area contributed by atoms with Gasteiger partial charge in [-0.25, -0.2) is 0 Å². The Bertz CT molecular complexity index is 354. The van der Waals surface area contributed by atoms with Crippen molar-refractivity contribution in [1.82, 2.24) is 5.32 Å². The molecule has 2 rings (SSSR count). The maximum Gasteiger partial charge on any atom is 0.416 e. The van der Waals surface area contributed by atoms with E-state index in [0.717, 1.165) is 37.4 Å². The fourth-order valence-electron chi connectivity index (χ4n) is 2.07. The van der Waals surface area contributed by atoms with Crippen LogP contribution in [0.25, 0.3) is 0 Å². The standard InChI is InChI=1S/C12H14F3N/c13-12(14,15)10-5-3-4-9(8-10)11-6-1-2-7-16-11/h3-5,8,11,16H,1-2,6-7H2.